The first-order chi connectivity index (χ1) is 9.61. The van der Waals surface area contributed by atoms with E-state index in [-0.39, 0.29) is 5.91 Å². The summed E-state index contributed by atoms with van der Waals surface area (Å²) in [6.07, 6.45) is 1.99. The van der Waals surface area contributed by atoms with E-state index < -0.39 is 0 Å². The first kappa shape index (κ1) is 15.1. The number of benzene rings is 2. The van der Waals surface area contributed by atoms with Crippen molar-refractivity contribution in [3.63, 3.8) is 0 Å². The lowest BCUT2D eigenvalue weighted by molar-refractivity contribution is 0.0781. The van der Waals surface area contributed by atoms with Crippen LogP contribution in [0.15, 0.2) is 57.9 Å². The molecule has 20 heavy (non-hydrogen) atoms. The Labute approximate surface area is 132 Å². The van der Waals surface area contributed by atoms with Gasteiger partial charge in [0, 0.05) is 23.0 Å². The van der Waals surface area contributed by atoms with Crippen molar-refractivity contribution in [2.45, 2.75) is 11.4 Å². The summed E-state index contributed by atoms with van der Waals surface area (Å²) in [5.74, 6) is 0.0536. The predicted molar refractivity (Wildman–Crippen MR) is 88.2 cm³/mol. The predicted octanol–water partition coefficient (Wildman–Crippen LogP) is 4.44. The topological polar surface area (TPSA) is 20.3 Å². The summed E-state index contributed by atoms with van der Waals surface area (Å²) >= 11 is 5.01. The summed E-state index contributed by atoms with van der Waals surface area (Å²) in [5.41, 5.74) is 1.88. The van der Waals surface area contributed by atoms with Crippen molar-refractivity contribution < 1.29 is 4.79 Å². The largest absolute Gasteiger partial charge is 0.337 e. The van der Waals surface area contributed by atoms with Crippen molar-refractivity contribution in [3.05, 3.63) is 64.1 Å². The van der Waals surface area contributed by atoms with Crippen molar-refractivity contribution in [1.82, 2.24) is 4.90 Å². The van der Waals surface area contributed by atoms with E-state index in [2.05, 4.69) is 15.9 Å². The van der Waals surface area contributed by atoms with Crippen molar-refractivity contribution in [1.29, 1.82) is 0 Å². The molecular formula is C16H16BrNOS. The van der Waals surface area contributed by atoms with Gasteiger partial charge >= 0.3 is 0 Å². The quantitative estimate of drug-likeness (QED) is 0.760. The third-order valence-electron chi connectivity index (χ3n) is 3.02. The Morgan fingerprint density at radius 3 is 2.45 bits per heavy atom. The number of carbonyl (C=O) groups is 1. The van der Waals surface area contributed by atoms with E-state index in [1.165, 1.54) is 0 Å². The van der Waals surface area contributed by atoms with Gasteiger partial charge in [0.25, 0.3) is 5.91 Å². The highest BCUT2D eigenvalue weighted by atomic mass is 79.9. The van der Waals surface area contributed by atoms with E-state index >= 15 is 0 Å². The molecule has 0 spiro atoms. The zero-order valence-electron chi connectivity index (χ0n) is 11.5. The summed E-state index contributed by atoms with van der Waals surface area (Å²) in [5, 5.41) is 0. The average Bonchev–Trinajstić information content (AvgIpc) is 2.48. The van der Waals surface area contributed by atoms with Crippen molar-refractivity contribution in [2.75, 3.05) is 13.3 Å². The van der Waals surface area contributed by atoms with E-state index in [0.717, 1.165) is 20.5 Å². The molecule has 2 rings (SSSR count). The third-order valence-corrected chi connectivity index (χ3v) is 4.34. The van der Waals surface area contributed by atoms with Crippen LogP contribution in [-0.2, 0) is 6.54 Å². The molecule has 2 aromatic rings. The minimum Gasteiger partial charge on any atom is -0.337 e. The highest BCUT2D eigenvalue weighted by Crippen LogP contribution is 2.21. The van der Waals surface area contributed by atoms with Gasteiger partial charge in [0.05, 0.1) is 5.56 Å². The minimum absolute atomic E-state index is 0.0536. The molecule has 0 aliphatic rings. The van der Waals surface area contributed by atoms with Crippen LogP contribution in [0.4, 0.5) is 0 Å². The Balaban J connectivity index is 2.14. The van der Waals surface area contributed by atoms with Gasteiger partial charge in [0.2, 0.25) is 0 Å². The second kappa shape index (κ2) is 6.95. The molecule has 4 heteroatoms. The summed E-state index contributed by atoms with van der Waals surface area (Å²) < 4.78 is 1.04. The van der Waals surface area contributed by atoms with Crippen molar-refractivity contribution >= 4 is 33.6 Å². The second-order valence-electron chi connectivity index (χ2n) is 4.49. The third kappa shape index (κ3) is 3.64. The lowest BCUT2D eigenvalue weighted by atomic mass is 10.1. The molecule has 0 N–H and O–H groups in total. The van der Waals surface area contributed by atoms with Gasteiger partial charge in [-0.05, 0) is 36.1 Å². The fourth-order valence-electron chi connectivity index (χ4n) is 1.96. The Morgan fingerprint density at radius 2 is 1.80 bits per heavy atom. The first-order valence-electron chi connectivity index (χ1n) is 6.24. The van der Waals surface area contributed by atoms with Crippen molar-refractivity contribution in [2.24, 2.45) is 0 Å². The van der Waals surface area contributed by atoms with Crippen LogP contribution >= 0.6 is 27.7 Å². The molecule has 0 saturated heterocycles. The number of thioether (sulfide) groups is 1. The lowest BCUT2D eigenvalue weighted by Gasteiger charge is -2.18. The van der Waals surface area contributed by atoms with Crippen LogP contribution in [0, 0.1) is 0 Å². The number of nitrogens with zero attached hydrogens (tertiary/aromatic N) is 1. The van der Waals surface area contributed by atoms with Crippen LogP contribution in [0.2, 0.25) is 0 Å². The number of halogens is 1. The summed E-state index contributed by atoms with van der Waals surface area (Å²) in [4.78, 5) is 15.3. The first-order valence-corrected chi connectivity index (χ1v) is 8.26. The van der Waals surface area contributed by atoms with E-state index in [1.807, 2.05) is 61.8 Å². The molecule has 0 bridgehead atoms. The van der Waals surface area contributed by atoms with Crippen LogP contribution in [0.3, 0.4) is 0 Å². The van der Waals surface area contributed by atoms with E-state index in [1.54, 1.807) is 16.7 Å². The smallest absolute Gasteiger partial charge is 0.255 e. The number of hydrogen-bond donors (Lipinski definition) is 0. The molecule has 2 aromatic carbocycles. The van der Waals surface area contributed by atoms with Gasteiger partial charge in [-0.1, -0.05) is 40.2 Å². The van der Waals surface area contributed by atoms with Crippen LogP contribution in [0.25, 0.3) is 0 Å². The Hall–Kier alpha value is -1.26. The van der Waals surface area contributed by atoms with Crippen LogP contribution < -0.4 is 0 Å². The maximum absolute atomic E-state index is 12.5. The molecule has 2 nitrogen and oxygen atoms in total. The molecule has 0 aromatic heterocycles. The molecule has 0 saturated carbocycles. The maximum atomic E-state index is 12.5. The maximum Gasteiger partial charge on any atom is 0.255 e. The molecular weight excluding hydrogens is 334 g/mol. The molecule has 0 heterocycles. The van der Waals surface area contributed by atoms with Crippen LogP contribution in [0.1, 0.15) is 15.9 Å². The molecule has 0 unspecified atom stereocenters. The molecule has 0 atom stereocenters. The van der Waals surface area contributed by atoms with E-state index in [9.17, 15) is 4.79 Å². The summed E-state index contributed by atoms with van der Waals surface area (Å²) in [6, 6.07) is 15.7. The fourth-order valence-corrected chi connectivity index (χ4v) is 2.82. The number of carbonyl (C=O) groups excluding carboxylic acids is 1. The lowest BCUT2D eigenvalue weighted by Crippen LogP contribution is -2.26. The normalized spacial score (nSPS) is 10.3. The zero-order chi connectivity index (χ0) is 14.5. The number of hydrogen-bond acceptors (Lipinski definition) is 2. The monoisotopic (exact) mass is 349 g/mol. The number of rotatable bonds is 4. The average molecular weight is 350 g/mol. The summed E-state index contributed by atoms with van der Waals surface area (Å²) in [6.45, 7) is 0.606. The summed E-state index contributed by atoms with van der Waals surface area (Å²) in [7, 11) is 1.83. The second-order valence-corrected chi connectivity index (χ2v) is 6.25. The van der Waals surface area contributed by atoms with Gasteiger partial charge in [-0.25, -0.2) is 0 Å². The molecule has 104 valence electrons. The Morgan fingerprint density at radius 1 is 1.15 bits per heavy atom. The van der Waals surface area contributed by atoms with Crippen molar-refractivity contribution in [3.8, 4) is 0 Å². The van der Waals surface area contributed by atoms with Crippen LogP contribution in [0.5, 0.6) is 0 Å². The highest BCUT2D eigenvalue weighted by Gasteiger charge is 2.15. The van der Waals surface area contributed by atoms with Gasteiger partial charge in [-0.2, -0.15) is 0 Å². The van der Waals surface area contributed by atoms with E-state index in [4.69, 9.17) is 0 Å². The van der Waals surface area contributed by atoms with Gasteiger partial charge in [-0.15, -0.1) is 11.8 Å². The highest BCUT2D eigenvalue weighted by molar-refractivity contribution is 9.10. The van der Waals surface area contributed by atoms with Crippen LogP contribution in [-0.4, -0.2) is 24.1 Å². The molecule has 0 fully saturated rings. The van der Waals surface area contributed by atoms with Gasteiger partial charge in [-0.3, -0.25) is 4.79 Å². The number of amides is 1. The van der Waals surface area contributed by atoms with E-state index in [0.29, 0.717) is 6.54 Å². The molecule has 0 aliphatic heterocycles. The fraction of sp³-hybridized carbons (Fsp3) is 0.188. The van der Waals surface area contributed by atoms with Gasteiger partial charge in [0.15, 0.2) is 0 Å². The van der Waals surface area contributed by atoms with Gasteiger partial charge < -0.3 is 4.90 Å². The minimum atomic E-state index is 0.0536. The Kier molecular flexibility index (Phi) is 5.26. The molecule has 0 radical (unpaired) electrons. The SMILES string of the molecule is CSc1ccccc1C(=O)N(C)Cc1ccc(Br)cc1. The molecule has 1 amide bonds. The standard InChI is InChI=1S/C16H16BrNOS/c1-18(11-12-7-9-13(17)10-8-12)16(19)14-5-3-4-6-15(14)20-2/h3-10H,11H2,1-2H3. The Bertz CT molecular complexity index is 598. The molecule has 0 aliphatic carbocycles. The zero-order valence-corrected chi connectivity index (χ0v) is 13.9. The van der Waals surface area contributed by atoms with Gasteiger partial charge in [0.1, 0.15) is 0 Å².